The molecule has 0 spiro atoms. The van der Waals surface area contributed by atoms with Crippen LogP contribution in [0.4, 0.5) is 0 Å². The fourth-order valence-corrected chi connectivity index (χ4v) is 1.80. The zero-order valence-electron chi connectivity index (χ0n) is 7.27. The summed E-state index contributed by atoms with van der Waals surface area (Å²) < 4.78 is 0. The summed E-state index contributed by atoms with van der Waals surface area (Å²) in [5.74, 6) is 0.187. The normalized spacial score (nSPS) is 26.9. The second-order valence-electron chi connectivity index (χ2n) is 3.53. The van der Waals surface area contributed by atoms with E-state index < -0.39 is 6.10 Å². The van der Waals surface area contributed by atoms with Crippen molar-refractivity contribution in [2.45, 2.75) is 25.0 Å². The number of phenolic OH excluding ortho intramolecular Hbond substituents is 1. The minimum Gasteiger partial charge on any atom is -0.508 e. The summed E-state index contributed by atoms with van der Waals surface area (Å²) in [5, 5.41) is 19.0. The molecule has 0 saturated carbocycles. The van der Waals surface area contributed by atoms with Gasteiger partial charge in [-0.2, -0.15) is 0 Å². The highest BCUT2D eigenvalue weighted by molar-refractivity contribution is 5.38. The number of aromatic hydroxyl groups is 1. The largest absolute Gasteiger partial charge is 0.508 e. The Morgan fingerprint density at radius 2 is 2.15 bits per heavy atom. The maximum Gasteiger partial charge on any atom is 0.115 e. The maximum atomic E-state index is 9.72. The Labute approximate surface area is 76.8 Å². The summed E-state index contributed by atoms with van der Waals surface area (Å²) >= 11 is 0. The molecule has 0 aromatic heterocycles. The van der Waals surface area contributed by atoms with Gasteiger partial charge in [-0.25, -0.2) is 0 Å². The van der Waals surface area contributed by atoms with Crippen LogP contribution >= 0.6 is 0 Å². The van der Waals surface area contributed by atoms with Crippen LogP contribution in [0.1, 0.15) is 23.7 Å². The van der Waals surface area contributed by atoms with Crippen molar-refractivity contribution in [3.8, 4) is 5.75 Å². The molecule has 0 bridgehead atoms. The second kappa shape index (κ2) is 3.01. The van der Waals surface area contributed by atoms with Crippen molar-refractivity contribution in [1.29, 1.82) is 0 Å². The molecule has 0 heterocycles. The van der Waals surface area contributed by atoms with Crippen LogP contribution in [0.5, 0.6) is 5.75 Å². The lowest BCUT2D eigenvalue weighted by molar-refractivity contribution is 0.133. The van der Waals surface area contributed by atoms with Gasteiger partial charge in [0.25, 0.3) is 0 Å². The molecule has 0 amide bonds. The van der Waals surface area contributed by atoms with Crippen molar-refractivity contribution in [3.05, 3.63) is 29.3 Å². The Bertz CT molecular complexity index is 325. The number of phenols is 1. The number of nitrogens with two attached hydrogens (primary N) is 1. The first-order valence-corrected chi connectivity index (χ1v) is 4.44. The molecule has 0 radical (unpaired) electrons. The van der Waals surface area contributed by atoms with Gasteiger partial charge in [0.1, 0.15) is 5.75 Å². The number of aryl methyl sites for hydroxylation is 1. The van der Waals surface area contributed by atoms with Crippen molar-refractivity contribution in [2.75, 3.05) is 0 Å². The van der Waals surface area contributed by atoms with E-state index in [0.717, 1.165) is 24.0 Å². The van der Waals surface area contributed by atoms with Crippen LogP contribution in [0.2, 0.25) is 0 Å². The van der Waals surface area contributed by atoms with Crippen LogP contribution in [0, 0.1) is 0 Å². The average molecular weight is 179 g/mol. The third-order valence-corrected chi connectivity index (χ3v) is 2.60. The van der Waals surface area contributed by atoms with Crippen LogP contribution in [-0.4, -0.2) is 16.3 Å². The molecular weight excluding hydrogens is 166 g/mol. The Kier molecular flexibility index (Phi) is 1.98. The number of hydrogen-bond acceptors (Lipinski definition) is 3. The van der Waals surface area contributed by atoms with Crippen LogP contribution in [0.15, 0.2) is 18.2 Å². The first kappa shape index (κ1) is 8.53. The first-order valence-electron chi connectivity index (χ1n) is 4.44. The smallest absolute Gasteiger partial charge is 0.115 e. The molecule has 2 unspecified atom stereocenters. The molecule has 70 valence electrons. The SMILES string of the molecule is NC1CCc2ccc(O)cc2C1O. The highest BCUT2D eigenvalue weighted by atomic mass is 16.3. The average Bonchev–Trinajstić information content (AvgIpc) is 2.12. The summed E-state index contributed by atoms with van der Waals surface area (Å²) in [6.07, 6.45) is 1.06. The van der Waals surface area contributed by atoms with Crippen molar-refractivity contribution in [2.24, 2.45) is 5.73 Å². The highest BCUT2D eigenvalue weighted by Crippen LogP contribution is 2.31. The molecule has 0 aliphatic heterocycles. The van der Waals surface area contributed by atoms with Crippen molar-refractivity contribution in [1.82, 2.24) is 0 Å². The molecule has 1 aromatic carbocycles. The van der Waals surface area contributed by atoms with Crippen LogP contribution in [0.25, 0.3) is 0 Å². The van der Waals surface area contributed by atoms with E-state index in [2.05, 4.69) is 0 Å². The predicted molar refractivity (Wildman–Crippen MR) is 49.4 cm³/mol. The van der Waals surface area contributed by atoms with Gasteiger partial charge in [0.15, 0.2) is 0 Å². The zero-order chi connectivity index (χ0) is 9.42. The Morgan fingerprint density at radius 3 is 2.92 bits per heavy atom. The summed E-state index contributed by atoms with van der Waals surface area (Å²) in [6, 6.07) is 4.88. The van der Waals surface area contributed by atoms with Crippen molar-refractivity contribution < 1.29 is 10.2 Å². The summed E-state index contributed by atoms with van der Waals surface area (Å²) in [5.41, 5.74) is 7.58. The molecule has 2 rings (SSSR count). The lowest BCUT2D eigenvalue weighted by atomic mass is 9.86. The lowest BCUT2D eigenvalue weighted by Crippen LogP contribution is -2.32. The molecule has 13 heavy (non-hydrogen) atoms. The topological polar surface area (TPSA) is 66.5 Å². The van der Waals surface area contributed by atoms with Gasteiger partial charge in [-0.15, -0.1) is 0 Å². The molecule has 1 aliphatic carbocycles. The standard InChI is InChI=1S/C10H13NO2/c11-9-4-2-6-1-3-7(12)5-8(6)10(9)13/h1,3,5,9-10,12-13H,2,4,11H2. The van der Waals surface area contributed by atoms with E-state index in [1.807, 2.05) is 6.07 Å². The Balaban J connectivity index is 2.45. The number of rotatable bonds is 0. The van der Waals surface area contributed by atoms with Crippen LogP contribution in [-0.2, 0) is 6.42 Å². The van der Waals surface area contributed by atoms with Gasteiger partial charge in [-0.1, -0.05) is 6.07 Å². The van der Waals surface area contributed by atoms with Crippen LogP contribution < -0.4 is 5.73 Å². The van der Waals surface area contributed by atoms with E-state index in [1.54, 1.807) is 12.1 Å². The van der Waals surface area contributed by atoms with E-state index >= 15 is 0 Å². The number of aliphatic hydroxyl groups is 1. The summed E-state index contributed by atoms with van der Waals surface area (Å²) in [7, 11) is 0. The van der Waals surface area contributed by atoms with Gasteiger partial charge in [0.2, 0.25) is 0 Å². The summed E-state index contributed by atoms with van der Waals surface area (Å²) in [4.78, 5) is 0. The Hall–Kier alpha value is -1.06. The van der Waals surface area contributed by atoms with Gasteiger partial charge < -0.3 is 15.9 Å². The monoisotopic (exact) mass is 179 g/mol. The first-order chi connectivity index (χ1) is 6.18. The summed E-state index contributed by atoms with van der Waals surface area (Å²) in [6.45, 7) is 0. The highest BCUT2D eigenvalue weighted by Gasteiger charge is 2.24. The number of fused-ring (bicyclic) bond motifs is 1. The lowest BCUT2D eigenvalue weighted by Gasteiger charge is -2.27. The molecule has 1 aromatic rings. The van der Waals surface area contributed by atoms with Gasteiger partial charge in [-0.05, 0) is 36.1 Å². The van der Waals surface area contributed by atoms with Gasteiger partial charge in [0, 0.05) is 6.04 Å². The maximum absolute atomic E-state index is 9.72. The third kappa shape index (κ3) is 1.41. The zero-order valence-corrected chi connectivity index (χ0v) is 7.27. The molecule has 4 N–H and O–H groups in total. The fourth-order valence-electron chi connectivity index (χ4n) is 1.80. The number of hydrogen-bond donors (Lipinski definition) is 3. The van der Waals surface area contributed by atoms with Gasteiger partial charge >= 0.3 is 0 Å². The second-order valence-corrected chi connectivity index (χ2v) is 3.53. The van der Waals surface area contributed by atoms with E-state index in [9.17, 15) is 10.2 Å². The number of benzene rings is 1. The molecule has 1 aliphatic rings. The van der Waals surface area contributed by atoms with E-state index in [-0.39, 0.29) is 11.8 Å². The molecule has 3 nitrogen and oxygen atoms in total. The molecule has 2 atom stereocenters. The number of aliphatic hydroxyl groups excluding tert-OH is 1. The van der Waals surface area contributed by atoms with E-state index in [0.29, 0.717) is 0 Å². The minimum atomic E-state index is -0.629. The van der Waals surface area contributed by atoms with Crippen LogP contribution in [0.3, 0.4) is 0 Å². The quantitative estimate of drug-likeness (QED) is 0.549. The van der Waals surface area contributed by atoms with Gasteiger partial charge in [-0.3, -0.25) is 0 Å². The Morgan fingerprint density at radius 1 is 1.38 bits per heavy atom. The van der Waals surface area contributed by atoms with E-state index in [1.165, 1.54) is 0 Å². The predicted octanol–water partition coefficient (Wildman–Crippen LogP) is 0.699. The van der Waals surface area contributed by atoms with Crippen molar-refractivity contribution in [3.63, 3.8) is 0 Å². The minimum absolute atomic E-state index is 0.187. The van der Waals surface area contributed by atoms with Crippen molar-refractivity contribution >= 4 is 0 Å². The molecular formula is C10H13NO2. The van der Waals surface area contributed by atoms with Gasteiger partial charge in [0.05, 0.1) is 6.10 Å². The molecule has 0 saturated heterocycles. The van der Waals surface area contributed by atoms with E-state index in [4.69, 9.17) is 5.73 Å². The third-order valence-electron chi connectivity index (χ3n) is 2.60. The fraction of sp³-hybridized carbons (Fsp3) is 0.400. The molecule has 3 heteroatoms. The molecule has 0 fully saturated rings.